The molecule has 2 rings (SSSR count). The van der Waals surface area contributed by atoms with Crippen molar-refractivity contribution in [1.82, 2.24) is 4.90 Å². The molecule has 4 heteroatoms. The van der Waals surface area contributed by atoms with Gasteiger partial charge in [-0.05, 0) is 19.4 Å². The lowest BCUT2D eigenvalue weighted by Crippen LogP contribution is -2.46. The smallest absolute Gasteiger partial charge is 0.302 e. The molecule has 0 aromatic carbocycles. The largest absolute Gasteiger partial charge is 0.464 e. The number of fused-ring (bicyclic) bond motifs is 1. The molecule has 0 aliphatic carbocycles. The van der Waals surface area contributed by atoms with Crippen LogP contribution in [0.25, 0.3) is 0 Å². The van der Waals surface area contributed by atoms with Gasteiger partial charge in [-0.25, -0.2) is 0 Å². The fourth-order valence-electron chi connectivity index (χ4n) is 2.37. The SMILES string of the molecule is CCCCN1CC2OC2CC1COC(C)=O. The average Bonchev–Trinajstić information content (AvgIpc) is 3.00. The number of hydrogen-bond acceptors (Lipinski definition) is 4. The van der Waals surface area contributed by atoms with Crippen molar-refractivity contribution in [3.63, 3.8) is 0 Å². The standard InChI is InChI=1S/C12H21NO3/c1-3-4-5-13-7-12-11(16-12)6-10(13)8-15-9(2)14/h10-12H,3-8H2,1-2H3. The van der Waals surface area contributed by atoms with Crippen molar-refractivity contribution in [1.29, 1.82) is 0 Å². The van der Waals surface area contributed by atoms with Crippen LogP contribution in [0.5, 0.6) is 0 Å². The van der Waals surface area contributed by atoms with Gasteiger partial charge in [0.25, 0.3) is 0 Å². The summed E-state index contributed by atoms with van der Waals surface area (Å²) in [5, 5.41) is 0. The number of epoxide rings is 1. The zero-order valence-corrected chi connectivity index (χ0v) is 10.1. The van der Waals surface area contributed by atoms with Crippen LogP contribution in [0.1, 0.15) is 33.1 Å². The van der Waals surface area contributed by atoms with E-state index in [9.17, 15) is 4.79 Å². The lowest BCUT2D eigenvalue weighted by atomic mass is 10.0. The Balaban J connectivity index is 1.82. The van der Waals surface area contributed by atoms with Crippen LogP contribution in [0.3, 0.4) is 0 Å². The molecule has 3 atom stereocenters. The number of likely N-dealkylation sites (tertiary alicyclic amines) is 1. The third-order valence-corrected chi connectivity index (χ3v) is 3.40. The summed E-state index contributed by atoms with van der Waals surface area (Å²) in [5.41, 5.74) is 0. The molecule has 3 unspecified atom stereocenters. The summed E-state index contributed by atoms with van der Waals surface area (Å²) in [6.07, 6.45) is 4.30. The molecular weight excluding hydrogens is 206 g/mol. The van der Waals surface area contributed by atoms with E-state index in [1.54, 1.807) is 0 Å². The molecule has 16 heavy (non-hydrogen) atoms. The second-order valence-electron chi connectivity index (χ2n) is 4.75. The van der Waals surface area contributed by atoms with E-state index >= 15 is 0 Å². The summed E-state index contributed by atoms with van der Waals surface area (Å²) >= 11 is 0. The fraction of sp³-hybridized carbons (Fsp3) is 0.917. The Hall–Kier alpha value is -0.610. The van der Waals surface area contributed by atoms with Gasteiger partial charge >= 0.3 is 5.97 Å². The van der Waals surface area contributed by atoms with Crippen LogP contribution in [0.15, 0.2) is 0 Å². The quantitative estimate of drug-likeness (QED) is 0.522. The van der Waals surface area contributed by atoms with Crippen molar-refractivity contribution in [2.45, 2.75) is 51.4 Å². The van der Waals surface area contributed by atoms with E-state index in [2.05, 4.69) is 11.8 Å². The molecule has 2 fully saturated rings. The average molecular weight is 227 g/mol. The van der Waals surface area contributed by atoms with Crippen molar-refractivity contribution < 1.29 is 14.3 Å². The van der Waals surface area contributed by atoms with E-state index in [4.69, 9.17) is 9.47 Å². The van der Waals surface area contributed by atoms with E-state index in [1.807, 2.05) is 0 Å². The Morgan fingerprint density at radius 1 is 1.50 bits per heavy atom. The summed E-state index contributed by atoms with van der Waals surface area (Å²) in [6, 6.07) is 0.360. The highest BCUT2D eigenvalue weighted by atomic mass is 16.6. The summed E-state index contributed by atoms with van der Waals surface area (Å²) < 4.78 is 10.7. The minimum absolute atomic E-state index is 0.186. The van der Waals surface area contributed by atoms with E-state index in [-0.39, 0.29) is 5.97 Å². The number of unbranched alkanes of at least 4 members (excludes halogenated alkanes) is 1. The van der Waals surface area contributed by atoms with Crippen LogP contribution in [0.2, 0.25) is 0 Å². The van der Waals surface area contributed by atoms with Gasteiger partial charge in [0.1, 0.15) is 6.61 Å². The second kappa shape index (κ2) is 5.15. The molecule has 0 N–H and O–H groups in total. The maximum absolute atomic E-state index is 10.8. The van der Waals surface area contributed by atoms with Crippen molar-refractivity contribution in [2.24, 2.45) is 0 Å². The maximum atomic E-state index is 10.8. The predicted octanol–water partition coefficient (Wildman–Crippen LogP) is 1.19. The van der Waals surface area contributed by atoms with Crippen molar-refractivity contribution in [3.8, 4) is 0 Å². The Kier molecular flexibility index (Phi) is 3.82. The third kappa shape index (κ3) is 2.95. The Morgan fingerprint density at radius 2 is 2.31 bits per heavy atom. The Bertz CT molecular complexity index is 257. The molecule has 2 heterocycles. The first-order valence-corrected chi connectivity index (χ1v) is 6.23. The summed E-state index contributed by atoms with van der Waals surface area (Å²) in [4.78, 5) is 13.2. The van der Waals surface area contributed by atoms with Gasteiger partial charge in [0.2, 0.25) is 0 Å². The number of rotatable bonds is 5. The molecule has 0 spiro atoms. The molecule has 0 aromatic rings. The van der Waals surface area contributed by atoms with Crippen LogP contribution in [0.4, 0.5) is 0 Å². The number of esters is 1. The van der Waals surface area contributed by atoms with E-state index in [1.165, 1.54) is 19.8 Å². The second-order valence-corrected chi connectivity index (χ2v) is 4.75. The molecule has 0 aromatic heterocycles. The molecule has 2 aliphatic rings. The van der Waals surface area contributed by atoms with E-state index < -0.39 is 0 Å². The molecule has 2 aliphatic heterocycles. The highest BCUT2D eigenvalue weighted by molar-refractivity contribution is 5.65. The van der Waals surface area contributed by atoms with Gasteiger partial charge in [-0.3, -0.25) is 9.69 Å². The van der Waals surface area contributed by atoms with Crippen LogP contribution in [-0.2, 0) is 14.3 Å². The number of nitrogens with zero attached hydrogens (tertiary/aromatic N) is 1. The van der Waals surface area contributed by atoms with Crippen molar-refractivity contribution in [3.05, 3.63) is 0 Å². The Labute approximate surface area is 96.9 Å². The molecule has 4 nitrogen and oxygen atoms in total. The zero-order valence-electron chi connectivity index (χ0n) is 10.1. The van der Waals surface area contributed by atoms with Gasteiger partial charge in [-0.2, -0.15) is 0 Å². The monoisotopic (exact) mass is 227 g/mol. The first kappa shape index (κ1) is 11.9. The van der Waals surface area contributed by atoms with Gasteiger partial charge in [0.05, 0.1) is 12.2 Å². The normalized spacial score (nSPS) is 33.2. The highest BCUT2D eigenvalue weighted by Crippen LogP contribution is 2.34. The molecule has 92 valence electrons. The molecular formula is C12H21NO3. The molecule has 0 bridgehead atoms. The first-order valence-electron chi connectivity index (χ1n) is 6.23. The van der Waals surface area contributed by atoms with E-state index in [0.29, 0.717) is 24.9 Å². The van der Waals surface area contributed by atoms with Crippen LogP contribution in [0, 0.1) is 0 Å². The minimum Gasteiger partial charge on any atom is -0.464 e. The molecule has 2 saturated heterocycles. The van der Waals surface area contributed by atoms with Crippen LogP contribution in [-0.4, -0.2) is 48.8 Å². The Morgan fingerprint density at radius 3 is 3.00 bits per heavy atom. The summed E-state index contributed by atoms with van der Waals surface area (Å²) in [6.45, 7) is 6.29. The lowest BCUT2D eigenvalue weighted by Gasteiger charge is -2.33. The van der Waals surface area contributed by atoms with Gasteiger partial charge in [0.15, 0.2) is 0 Å². The lowest BCUT2D eigenvalue weighted by molar-refractivity contribution is -0.143. The number of carbonyl (C=O) groups is 1. The predicted molar refractivity (Wildman–Crippen MR) is 60.2 cm³/mol. The summed E-state index contributed by atoms with van der Waals surface area (Å²) in [5.74, 6) is -0.186. The van der Waals surface area contributed by atoms with Crippen LogP contribution < -0.4 is 0 Å². The minimum atomic E-state index is -0.186. The zero-order chi connectivity index (χ0) is 11.5. The number of ether oxygens (including phenoxy) is 2. The van der Waals surface area contributed by atoms with Crippen molar-refractivity contribution in [2.75, 3.05) is 19.7 Å². The van der Waals surface area contributed by atoms with E-state index in [0.717, 1.165) is 19.5 Å². The van der Waals surface area contributed by atoms with Crippen molar-refractivity contribution >= 4 is 5.97 Å². The highest BCUT2D eigenvalue weighted by Gasteiger charge is 2.47. The van der Waals surface area contributed by atoms with Crippen LogP contribution >= 0.6 is 0 Å². The number of piperidine rings is 1. The molecule has 0 radical (unpaired) electrons. The summed E-state index contributed by atoms with van der Waals surface area (Å²) in [7, 11) is 0. The number of hydrogen-bond donors (Lipinski definition) is 0. The van der Waals surface area contributed by atoms with Gasteiger partial charge in [-0.1, -0.05) is 13.3 Å². The molecule has 0 amide bonds. The van der Waals surface area contributed by atoms with Gasteiger partial charge < -0.3 is 9.47 Å². The van der Waals surface area contributed by atoms with Gasteiger partial charge in [0, 0.05) is 19.5 Å². The third-order valence-electron chi connectivity index (χ3n) is 3.40. The molecule has 0 saturated carbocycles. The maximum Gasteiger partial charge on any atom is 0.302 e. The topological polar surface area (TPSA) is 42.1 Å². The fourth-order valence-corrected chi connectivity index (χ4v) is 2.37. The first-order chi connectivity index (χ1) is 7.70. The van der Waals surface area contributed by atoms with Gasteiger partial charge in [-0.15, -0.1) is 0 Å². The number of carbonyl (C=O) groups excluding carboxylic acids is 1.